The Morgan fingerprint density at radius 1 is 1.44 bits per heavy atom. The summed E-state index contributed by atoms with van der Waals surface area (Å²) in [5.74, 6) is 2.87. The van der Waals surface area contributed by atoms with Crippen LogP contribution in [0.25, 0.3) is 0 Å². The van der Waals surface area contributed by atoms with Gasteiger partial charge in [-0.15, -0.1) is 0 Å². The van der Waals surface area contributed by atoms with Gasteiger partial charge in [0, 0.05) is 24.2 Å². The van der Waals surface area contributed by atoms with Gasteiger partial charge in [-0.2, -0.15) is 11.8 Å². The Hall–Kier alpha value is -0.710. The Morgan fingerprint density at radius 2 is 2.22 bits per heavy atom. The van der Waals surface area contributed by atoms with E-state index in [1.165, 1.54) is 12.8 Å². The van der Waals surface area contributed by atoms with Crippen LogP contribution < -0.4 is 10.5 Å². The topological polar surface area (TPSA) is 44.5 Å². The van der Waals surface area contributed by atoms with E-state index in [1.54, 1.807) is 7.11 Å². The van der Waals surface area contributed by atoms with Gasteiger partial charge in [-0.25, -0.2) is 0 Å². The minimum atomic E-state index is 0.0855. The quantitative estimate of drug-likeness (QED) is 0.860. The third-order valence-corrected chi connectivity index (χ3v) is 4.37. The van der Waals surface area contributed by atoms with Crippen molar-refractivity contribution in [2.75, 3.05) is 25.2 Å². The number of benzene rings is 1. The molecule has 1 saturated heterocycles. The van der Waals surface area contributed by atoms with Crippen LogP contribution >= 0.6 is 11.8 Å². The maximum absolute atomic E-state index is 6.17. The van der Waals surface area contributed by atoms with Crippen molar-refractivity contribution in [1.82, 2.24) is 0 Å². The largest absolute Gasteiger partial charge is 0.497 e. The Morgan fingerprint density at radius 3 is 2.83 bits per heavy atom. The second kappa shape index (κ2) is 7.02. The summed E-state index contributed by atoms with van der Waals surface area (Å²) in [4.78, 5) is 0. The summed E-state index contributed by atoms with van der Waals surface area (Å²) in [6.07, 6.45) is 2.85. The fourth-order valence-electron chi connectivity index (χ4n) is 2.05. The van der Waals surface area contributed by atoms with Gasteiger partial charge in [0.15, 0.2) is 0 Å². The molecule has 1 fully saturated rings. The first kappa shape index (κ1) is 13.7. The van der Waals surface area contributed by atoms with Gasteiger partial charge in [-0.1, -0.05) is 12.1 Å². The molecule has 100 valence electrons. The zero-order valence-electron chi connectivity index (χ0n) is 10.8. The molecule has 3 nitrogen and oxygen atoms in total. The van der Waals surface area contributed by atoms with Crippen LogP contribution in [-0.2, 0) is 4.74 Å². The molecule has 0 spiro atoms. The molecule has 0 saturated carbocycles. The first-order chi connectivity index (χ1) is 8.79. The summed E-state index contributed by atoms with van der Waals surface area (Å²) >= 11 is 1.88. The van der Waals surface area contributed by atoms with Crippen LogP contribution in [0.4, 0.5) is 0 Å². The van der Waals surface area contributed by atoms with Gasteiger partial charge in [0.2, 0.25) is 0 Å². The SMILES string of the molecule is COc1ccc(C(N)CSCC2CCCO2)cc1. The highest BCUT2D eigenvalue weighted by atomic mass is 32.2. The molecule has 2 rings (SSSR count). The van der Waals surface area contributed by atoms with Gasteiger partial charge in [-0.05, 0) is 30.5 Å². The molecule has 0 bridgehead atoms. The van der Waals surface area contributed by atoms with Crippen molar-refractivity contribution in [3.05, 3.63) is 29.8 Å². The lowest BCUT2D eigenvalue weighted by Gasteiger charge is -2.14. The molecule has 0 aromatic heterocycles. The predicted octanol–water partition coefficient (Wildman–Crippen LogP) is 2.61. The van der Waals surface area contributed by atoms with E-state index < -0.39 is 0 Å². The molecule has 1 aromatic carbocycles. The number of hydrogen-bond donors (Lipinski definition) is 1. The van der Waals surface area contributed by atoms with Crippen molar-refractivity contribution >= 4 is 11.8 Å². The standard InChI is InChI=1S/C14H21NO2S/c1-16-12-6-4-11(5-7-12)14(15)10-18-9-13-3-2-8-17-13/h4-7,13-14H,2-3,8-10,15H2,1H3. The third kappa shape index (κ3) is 3.90. The first-order valence-electron chi connectivity index (χ1n) is 6.38. The van der Waals surface area contributed by atoms with Crippen LogP contribution in [0.2, 0.25) is 0 Å². The molecule has 1 aliphatic heterocycles. The van der Waals surface area contributed by atoms with E-state index in [0.717, 1.165) is 29.4 Å². The number of nitrogens with two attached hydrogens (primary N) is 1. The summed E-state index contributed by atoms with van der Waals surface area (Å²) in [6.45, 7) is 0.926. The lowest BCUT2D eigenvalue weighted by atomic mass is 10.1. The van der Waals surface area contributed by atoms with Crippen molar-refractivity contribution in [1.29, 1.82) is 0 Å². The van der Waals surface area contributed by atoms with Gasteiger partial charge in [0.25, 0.3) is 0 Å². The highest BCUT2D eigenvalue weighted by Crippen LogP contribution is 2.22. The molecule has 1 aliphatic rings. The maximum Gasteiger partial charge on any atom is 0.118 e. The van der Waals surface area contributed by atoms with Crippen molar-refractivity contribution in [2.45, 2.75) is 25.0 Å². The summed E-state index contributed by atoms with van der Waals surface area (Å²) < 4.78 is 10.7. The zero-order chi connectivity index (χ0) is 12.8. The lowest BCUT2D eigenvalue weighted by Crippen LogP contribution is -2.15. The molecule has 2 unspecified atom stereocenters. The van der Waals surface area contributed by atoms with Crippen LogP contribution in [0, 0.1) is 0 Å². The molecule has 0 amide bonds. The van der Waals surface area contributed by atoms with Crippen LogP contribution in [0.1, 0.15) is 24.4 Å². The number of ether oxygens (including phenoxy) is 2. The summed E-state index contributed by atoms with van der Waals surface area (Å²) in [5, 5.41) is 0. The summed E-state index contributed by atoms with van der Waals surface area (Å²) in [7, 11) is 1.67. The van der Waals surface area contributed by atoms with E-state index in [9.17, 15) is 0 Å². The second-order valence-electron chi connectivity index (χ2n) is 4.55. The molecule has 4 heteroatoms. The minimum absolute atomic E-state index is 0.0855. The fourth-order valence-corrected chi connectivity index (χ4v) is 3.16. The van der Waals surface area contributed by atoms with Crippen molar-refractivity contribution in [3.63, 3.8) is 0 Å². The van der Waals surface area contributed by atoms with Gasteiger partial charge < -0.3 is 15.2 Å². The number of hydrogen-bond acceptors (Lipinski definition) is 4. The zero-order valence-corrected chi connectivity index (χ0v) is 11.6. The Balaban J connectivity index is 1.74. The van der Waals surface area contributed by atoms with Gasteiger partial charge in [0.05, 0.1) is 13.2 Å². The number of thioether (sulfide) groups is 1. The summed E-state index contributed by atoms with van der Waals surface area (Å²) in [5.41, 5.74) is 7.33. The normalized spacial score (nSPS) is 20.9. The average molecular weight is 267 g/mol. The molecular formula is C14H21NO2S. The van der Waals surface area contributed by atoms with E-state index in [4.69, 9.17) is 15.2 Å². The molecule has 18 heavy (non-hydrogen) atoms. The van der Waals surface area contributed by atoms with Gasteiger partial charge in [-0.3, -0.25) is 0 Å². The minimum Gasteiger partial charge on any atom is -0.497 e. The first-order valence-corrected chi connectivity index (χ1v) is 7.54. The van der Waals surface area contributed by atoms with Crippen molar-refractivity contribution in [2.24, 2.45) is 5.73 Å². The van der Waals surface area contributed by atoms with Crippen LogP contribution in [0.5, 0.6) is 5.75 Å². The lowest BCUT2D eigenvalue weighted by molar-refractivity contribution is 0.129. The average Bonchev–Trinajstić information content (AvgIpc) is 2.92. The molecule has 0 radical (unpaired) electrons. The van der Waals surface area contributed by atoms with E-state index in [1.807, 2.05) is 36.0 Å². The molecule has 2 N–H and O–H groups in total. The molecule has 0 aliphatic carbocycles. The monoisotopic (exact) mass is 267 g/mol. The molecule has 2 atom stereocenters. The number of rotatable bonds is 6. The highest BCUT2D eigenvalue weighted by Gasteiger charge is 2.16. The Bertz CT molecular complexity index is 349. The smallest absolute Gasteiger partial charge is 0.118 e. The van der Waals surface area contributed by atoms with Crippen LogP contribution in [-0.4, -0.2) is 31.3 Å². The van der Waals surface area contributed by atoms with Crippen molar-refractivity contribution < 1.29 is 9.47 Å². The van der Waals surface area contributed by atoms with E-state index >= 15 is 0 Å². The highest BCUT2D eigenvalue weighted by molar-refractivity contribution is 7.99. The number of methoxy groups -OCH3 is 1. The van der Waals surface area contributed by atoms with Crippen LogP contribution in [0.3, 0.4) is 0 Å². The Labute approximate surface area is 113 Å². The van der Waals surface area contributed by atoms with Gasteiger partial charge in [0.1, 0.15) is 5.75 Å². The van der Waals surface area contributed by atoms with Crippen LogP contribution in [0.15, 0.2) is 24.3 Å². The van der Waals surface area contributed by atoms with E-state index in [2.05, 4.69) is 0 Å². The fraction of sp³-hybridized carbons (Fsp3) is 0.571. The van der Waals surface area contributed by atoms with Gasteiger partial charge >= 0.3 is 0 Å². The second-order valence-corrected chi connectivity index (χ2v) is 5.63. The third-order valence-electron chi connectivity index (χ3n) is 3.17. The molecule has 1 aromatic rings. The molecular weight excluding hydrogens is 246 g/mol. The summed E-state index contributed by atoms with van der Waals surface area (Å²) in [6, 6.07) is 8.08. The maximum atomic E-state index is 6.17. The van der Waals surface area contributed by atoms with E-state index in [0.29, 0.717) is 6.10 Å². The van der Waals surface area contributed by atoms with E-state index in [-0.39, 0.29) is 6.04 Å². The molecule has 1 heterocycles. The predicted molar refractivity (Wildman–Crippen MR) is 76.2 cm³/mol. The van der Waals surface area contributed by atoms with Crippen molar-refractivity contribution in [3.8, 4) is 5.75 Å². The Kier molecular flexibility index (Phi) is 5.35.